The van der Waals surface area contributed by atoms with E-state index in [1.54, 1.807) is 0 Å². The lowest BCUT2D eigenvalue weighted by atomic mass is 9.57. The molecule has 24 heavy (non-hydrogen) atoms. The van der Waals surface area contributed by atoms with E-state index < -0.39 is 0 Å². The summed E-state index contributed by atoms with van der Waals surface area (Å²) < 4.78 is 0. The van der Waals surface area contributed by atoms with Crippen molar-refractivity contribution in [3.8, 4) is 0 Å². The highest BCUT2D eigenvalue weighted by molar-refractivity contribution is 5.96. The minimum atomic E-state index is 0.0535. The van der Waals surface area contributed by atoms with E-state index in [9.17, 15) is 9.59 Å². The van der Waals surface area contributed by atoms with Gasteiger partial charge >= 0.3 is 0 Å². The Balaban J connectivity index is 1.99. The van der Waals surface area contributed by atoms with Gasteiger partial charge in [0.2, 0.25) is 0 Å². The van der Waals surface area contributed by atoms with Crippen LogP contribution in [0.2, 0.25) is 0 Å². The van der Waals surface area contributed by atoms with Crippen LogP contribution in [-0.4, -0.2) is 11.6 Å². The van der Waals surface area contributed by atoms with Crippen molar-refractivity contribution in [1.82, 2.24) is 0 Å². The summed E-state index contributed by atoms with van der Waals surface area (Å²) >= 11 is 0. The lowest BCUT2D eigenvalue weighted by Crippen LogP contribution is -2.44. The van der Waals surface area contributed by atoms with E-state index in [4.69, 9.17) is 0 Å². The molecule has 4 atom stereocenters. The maximum absolute atomic E-state index is 13.0. The van der Waals surface area contributed by atoms with Crippen LogP contribution in [0.3, 0.4) is 0 Å². The largest absolute Gasteiger partial charge is 0.299 e. The monoisotopic (exact) mass is 328 g/mol. The Morgan fingerprint density at radius 3 is 2.33 bits per heavy atom. The molecule has 0 amide bonds. The lowest BCUT2D eigenvalue weighted by Gasteiger charge is -2.46. The van der Waals surface area contributed by atoms with Gasteiger partial charge in [-0.1, -0.05) is 65.0 Å². The molecule has 1 saturated carbocycles. The van der Waals surface area contributed by atoms with Crippen molar-refractivity contribution in [3.05, 3.63) is 35.9 Å². The molecule has 0 aliphatic heterocycles. The number of hydrogen-bond acceptors (Lipinski definition) is 2. The molecule has 2 nitrogen and oxygen atoms in total. The smallest absolute Gasteiger partial charge is 0.163 e. The number of carbonyl (C=O) groups is 2. The number of hydrogen-bond donors (Lipinski definition) is 0. The molecular formula is C22H32O2. The van der Waals surface area contributed by atoms with E-state index in [1.165, 1.54) is 6.42 Å². The highest BCUT2D eigenvalue weighted by Crippen LogP contribution is 2.48. The average molecular weight is 328 g/mol. The van der Waals surface area contributed by atoms with E-state index in [0.29, 0.717) is 30.5 Å². The van der Waals surface area contributed by atoms with Gasteiger partial charge in [0.05, 0.1) is 0 Å². The van der Waals surface area contributed by atoms with Crippen LogP contribution in [0.1, 0.15) is 70.7 Å². The first kappa shape index (κ1) is 18.9. The minimum Gasteiger partial charge on any atom is -0.299 e. The van der Waals surface area contributed by atoms with Crippen molar-refractivity contribution in [2.24, 2.45) is 29.1 Å². The zero-order chi connectivity index (χ0) is 17.9. The maximum Gasteiger partial charge on any atom is 0.163 e. The van der Waals surface area contributed by atoms with Gasteiger partial charge in [0.25, 0.3) is 0 Å². The van der Waals surface area contributed by atoms with Crippen molar-refractivity contribution in [1.29, 1.82) is 0 Å². The second kappa shape index (κ2) is 7.63. The summed E-state index contributed by atoms with van der Waals surface area (Å²) in [7, 11) is 0. The van der Waals surface area contributed by atoms with Gasteiger partial charge in [0.15, 0.2) is 5.78 Å². The molecule has 1 fully saturated rings. The molecule has 132 valence electrons. The van der Waals surface area contributed by atoms with Crippen molar-refractivity contribution in [2.75, 3.05) is 0 Å². The molecule has 0 aromatic heterocycles. The molecule has 2 heteroatoms. The fraction of sp³-hybridized carbons (Fsp3) is 0.636. The van der Waals surface area contributed by atoms with Crippen LogP contribution in [0.5, 0.6) is 0 Å². The van der Waals surface area contributed by atoms with Gasteiger partial charge < -0.3 is 0 Å². The zero-order valence-corrected chi connectivity index (χ0v) is 15.8. The molecule has 2 rings (SSSR count). The first-order valence-electron chi connectivity index (χ1n) is 9.34. The Morgan fingerprint density at radius 1 is 1.08 bits per heavy atom. The molecule has 0 bridgehead atoms. The standard InChI is InChI=1S/C22H32O2/c1-15(13-19(23)18-9-7-6-8-10-18)14-20(24)21-16(2)11-12-17(3)22(21,4)5/h6-10,15-17,21H,11-14H2,1-5H3/t15?,16-,17-,21?/m1/s1. The van der Waals surface area contributed by atoms with E-state index in [0.717, 1.165) is 12.0 Å². The number of rotatable bonds is 6. The summed E-state index contributed by atoms with van der Waals surface area (Å²) in [5.41, 5.74) is 0.801. The van der Waals surface area contributed by atoms with Gasteiger partial charge in [-0.3, -0.25) is 9.59 Å². The van der Waals surface area contributed by atoms with E-state index in [1.807, 2.05) is 37.3 Å². The Kier molecular flexibility index (Phi) is 6.01. The highest BCUT2D eigenvalue weighted by atomic mass is 16.1. The highest BCUT2D eigenvalue weighted by Gasteiger charge is 2.45. The van der Waals surface area contributed by atoms with Gasteiger partial charge in [-0.15, -0.1) is 0 Å². The number of ketones is 2. The van der Waals surface area contributed by atoms with E-state index in [-0.39, 0.29) is 23.0 Å². The fourth-order valence-corrected chi connectivity index (χ4v) is 4.42. The molecule has 1 aromatic rings. The van der Waals surface area contributed by atoms with Gasteiger partial charge in [-0.05, 0) is 36.0 Å². The van der Waals surface area contributed by atoms with E-state index >= 15 is 0 Å². The van der Waals surface area contributed by atoms with Crippen LogP contribution >= 0.6 is 0 Å². The second-order valence-corrected chi connectivity index (χ2v) is 8.52. The summed E-state index contributed by atoms with van der Waals surface area (Å²) in [6.45, 7) is 11.0. The third-order valence-corrected chi connectivity index (χ3v) is 6.22. The Labute approximate surface area is 147 Å². The number of Topliss-reactive ketones (excluding diaryl/α,β-unsaturated/α-hetero) is 2. The quantitative estimate of drug-likeness (QED) is 0.640. The Bertz CT molecular complexity index is 573. The SMILES string of the molecule is CC(CC(=O)c1ccccc1)CC(=O)C1[C@H](C)CC[C@@H](C)C1(C)C. The molecule has 1 aliphatic rings. The van der Waals surface area contributed by atoms with Crippen LogP contribution in [0.15, 0.2) is 30.3 Å². The molecule has 0 radical (unpaired) electrons. The fourth-order valence-electron chi connectivity index (χ4n) is 4.42. The van der Waals surface area contributed by atoms with Crippen LogP contribution in [0.4, 0.5) is 0 Å². The third kappa shape index (κ3) is 4.15. The van der Waals surface area contributed by atoms with Gasteiger partial charge in [-0.25, -0.2) is 0 Å². The second-order valence-electron chi connectivity index (χ2n) is 8.52. The first-order chi connectivity index (χ1) is 11.2. The molecule has 0 spiro atoms. The topological polar surface area (TPSA) is 34.1 Å². The summed E-state index contributed by atoms with van der Waals surface area (Å²) in [6.07, 6.45) is 3.31. The van der Waals surface area contributed by atoms with E-state index in [2.05, 4.69) is 27.7 Å². The Hall–Kier alpha value is -1.44. The molecule has 0 heterocycles. The van der Waals surface area contributed by atoms with Gasteiger partial charge in [0, 0.05) is 24.3 Å². The van der Waals surface area contributed by atoms with Crippen molar-refractivity contribution in [3.63, 3.8) is 0 Å². The van der Waals surface area contributed by atoms with Crippen LogP contribution < -0.4 is 0 Å². The molecule has 1 aliphatic carbocycles. The maximum atomic E-state index is 13.0. The summed E-state index contributed by atoms with van der Waals surface area (Å²) in [5, 5.41) is 0. The van der Waals surface area contributed by atoms with Gasteiger partial charge in [0.1, 0.15) is 5.78 Å². The lowest BCUT2D eigenvalue weighted by molar-refractivity contribution is -0.133. The van der Waals surface area contributed by atoms with Crippen LogP contribution in [0.25, 0.3) is 0 Å². The normalized spacial score (nSPS) is 27.5. The summed E-state index contributed by atoms with van der Waals surface area (Å²) in [4.78, 5) is 25.3. The first-order valence-corrected chi connectivity index (χ1v) is 9.34. The minimum absolute atomic E-state index is 0.0535. The Morgan fingerprint density at radius 2 is 1.71 bits per heavy atom. The number of benzene rings is 1. The average Bonchev–Trinajstić information content (AvgIpc) is 2.51. The molecule has 0 saturated heterocycles. The van der Waals surface area contributed by atoms with Crippen LogP contribution in [-0.2, 0) is 4.79 Å². The predicted octanol–water partition coefficient (Wildman–Crippen LogP) is 5.56. The zero-order valence-electron chi connectivity index (χ0n) is 15.8. The van der Waals surface area contributed by atoms with Crippen molar-refractivity contribution < 1.29 is 9.59 Å². The van der Waals surface area contributed by atoms with Crippen molar-refractivity contribution in [2.45, 2.75) is 60.3 Å². The van der Waals surface area contributed by atoms with Crippen LogP contribution in [0, 0.1) is 29.1 Å². The molecule has 1 aromatic carbocycles. The van der Waals surface area contributed by atoms with Crippen molar-refractivity contribution >= 4 is 11.6 Å². The molecular weight excluding hydrogens is 296 g/mol. The summed E-state index contributed by atoms with van der Waals surface area (Å²) in [5.74, 6) is 1.73. The summed E-state index contributed by atoms with van der Waals surface area (Å²) in [6, 6.07) is 9.39. The predicted molar refractivity (Wildman–Crippen MR) is 99.0 cm³/mol. The molecule has 0 N–H and O–H groups in total. The van der Waals surface area contributed by atoms with Gasteiger partial charge in [-0.2, -0.15) is 0 Å². The molecule has 2 unspecified atom stereocenters. The number of carbonyl (C=O) groups excluding carboxylic acids is 2. The third-order valence-electron chi connectivity index (χ3n) is 6.22.